The predicted octanol–water partition coefficient (Wildman–Crippen LogP) is 9.22. The van der Waals surface area contributed by atoms with Crippen LogP contribution in [0.2, 0.25) is 0 Å². The van der Waals surface area contributed by atoms with E-state index in [2.05, 4.69) is 30.3 Å². The van der Waals surface area contributed by atoms with Crippen molar-refractivity contribution in [1.82, 2.24) is 36.1 Å². The number of amides is 2. The molecular formula is C51H56F6N10O5. The van der Waals surface area contributed by atoms with E-state index in [4.69, 9.17) is 9.47 Å². The zero-order valence-corrected chi connectivity index (χ0v) is 37.6. The molecule has 72 heavy (non-hydrogen) atoms. The van der Waals surface area contributed by atoms with Gasteiger partial charge in [-0.15, -0.1) is 0 Å². The van der Waals surface area contributed by atoms with E-state index in [9.17, 15) is 40.7 Å². The minimum absolute atomic E-state index is 0. The number of carbonyl (C=O) groups is 3. The van der Waals surface area contributed by atoms with Crippen molar-refractivity contribution in [2.24, 2.45) is 15.0 Å². The number of nitrogens with one attached hydrogen (secondary N) is 2. The number of aliphatic imine (C=N–C) groups is 3. The van der Waals surface area contributed by atoms with E-state index in [0.717, 1.165) is 67.5 Å². The zero-order valence-electron chi connectivity index (χ0n) is 37.6. The molecular weight excluding hydrogens is 947 g/mol. The van der Waals surface area contributed by atoms with Gasteiger partial charge in [0.1, 0.15) is 28.8 Å². The lowest BCUT2D eigenvalue weighted by atomic mass is 10.1. The van der Waals surface area contributed by atoms with Crippen molar-refractivity contribution >= 4 is 64.1 Å². The predicted molar refractivity (Wildman–Crippen MR) is 267 cm³/mol. The van der Waals surface area contributed by atoms with E-state index in [1.165, 1.54) is 11.1 Å². The third-order valence-electron chi connectivity index (χ3n) is 11.5. The molecule has 5 aliphatic heterocycles. The number of piperazine rings is 2. The Kier molecular flexibility index (Phi) is 18.9. The molecule has 0 spiro atoms. The van der Waals surface area contributed by atoms with Gasteiger partial charge in [0.2, 0.25) is 0 Å². The van der Waals surface area contributed by atoms with E-state index in [0.29, 0.717) is 68.7 Å². The van der Waals surface area contributed by atoms with E-state index >= 15 is 0 Å². The molecule has 5 aromatic rings. The van der Waals surface area contributed by atoms with Crippen LogP contribution in [0, 0.1) is 0 Å². The van der Waals surface area contributed by atoms with Crippen LogP contribution >= 0.6 is 0 Å². The van der Waals surface area contributed by atoms with Crippen molar-refractivity contribution in [3.8, 4) is 23.0 Å². The molecule has 15 nitrogen and oxygen atoms in total. The van der Waals surface area contributed by atoms with Gasteiger partial charge in [-0.1, -0.05) is 39.1 Å². The molecule has 0 atom stereocenters. The van der Waals surface area contributed by atoms with Crippen LogP contribution in [0.3, 0.4) is 0 Å². The number of allylic oxidation sites excluding steroid dienone is 2. The number of rotatable bonds is 9. The van der Waals surface area contributed by atoms with Crippen LogP contribution in [0.4, 0.5) is 32.0 Å². The summed E-state index contributed by atoms with van der Waals surface area (Å²) in [5, 5.41) is 2.86. The van der Waals surface area contributed by atoms with Crippen LogP contribution in [0.5, 0.6) is 23.0 Å². The summed E-state index contributed by atoms with van der Waals surface area (Å²) in [4.78, 5) is 56.9. The number of aromatic amines is 1. The second-order valence-electron chi connectivity index (χ2n) is 16.3. The number of halogens is 6. The van der Waals surface area contributed by atoms with Crippen LogP contribution in [0.15, 0.2) is 112 Å². The Bertz CT molecular complexity index is 2830. The largest absolute Gasteiger partial charge is 0.471 e. The van der Waals surface area contributed by atoms with Gasteiger partial charge in [0, 0.05) is 77.3 Å². The Morgan fingerprint density at radius 3 is 1.65 bits per heavy atom. The van der Waals surface area contributed by atoms with Gasteiger partial charge in [-0.2, -0.15) is 26.3 Å². The molecule has 0 bridgehead atoms. The molecule has 382 valence electrons. The van der Waals surface area contributed by atoms with Gasteiger partial charge < -0.3 is 35.7 Å². The minimum Gasteiger partial charge on any atom is -0.457 e. The van der Waals surface area contributed by atoms with Crippen molar-refractivity contribution in [3.63, 3.8) is 0 Å². The highest BCUT2D eigenvalue weighted by Gasteiger charge is 2.43. The van der Waals surface area contributed by atoms with Crippen LogP contribution < -0.4 is 20.9 Å². The van der Waals surface area contributed by atoms with Crippen molar-refractivity contribution in [2.75, 3.05) is 65.4 Å². The van der Waals surface area contributed by atoms with Gasteiger partial charge in [0.15, 0.2) is 6.29 Å². The van der Waals surface area contributed by atoms with Crippen molar-refractivity contribution in [3.05, 3.63) is 120 Å². The maximum Gasteiger partial charge on any atom is 0.471 e. The highest BCUT2D eigenvalue weighted by molar-refractivity contribution is 6.31. The van der Waals surface area contributed by atoms with Crippen molar-refractivity contribution in [2.45, 2.75) is 40.2 Å². The maximum atomic E-state index is 12.6. The first-order valence-electron chi connectivity index (χ1n) is 21.9. The van der Waals surface area contributed by atoms with Crippen LogP contribution in [-0.2, 0) is 27.3 Å². The molecule has 2 amide bonds. The summed E-state index contributed by atoms with van der Waals surface area (Å²) in [5.74, 6) is 0.114. The molecule has 0 radical (unpaired) electrons. The Balaban J connectivity index is 0.000000219. The summed E-state index contributed by atoms with van der Waals surface area (Å²) in [6.45, 7) is 3.82. The SMILES string of the molecule is C.C.N.O=C(N1CCN(Cc2nc3ccc(Oc4ccc(C5=CC=NC5)cc4)cc3[nH]2)CC1)C(F)(F)F.O=C(N1CCNCC1)C(F)(F)F.O=CC1=Nc2ccc(Oc3ccc(C4=CC=NC4)cc3)cc2C1. The van der Waals surface area contributed by atoms with Crippen LogP contribution in [0.25, 0.3) is 22.2 Å². The number of H-pyrrole nitrogens is 1. The number of ether oxygens (including phenoxy) is 2. The highest BCUT2D eigenvalue weighted by atomic mass is 19.4. The third-order valence-corrected chi connectivity index (χ3v) is 11.5. The van der Waals surface area contributed by atoms with Gasteiger partial charge in [-0.3, -0.25) is 29.3 Å². The van der Waals surface area contributed by atoms with E-state index < -0.39 is 24.2 Å². The number of imidazole rings is 1. The Labute approximate surface area is 412 Å². The van der Waals surface area contributed by atoms with E-state index in [-0.39, 0.29) is 47.2 Å². The van der Waals surface area contributed by atoms with Gasteiger partial charge in [0.25, 0.3) is 0 Å². The molecule has 6 heterocycles. The molecule has 0 saturated carbocycles. The molecule has 1 aromatic heterocycles. The lowest BCUT2D eigenvalue weighted by Gasteiger charge is -2.34. The molecule has 2 saturated heterocycles. The topological polar surface area (TPSA) is 192 Å². The number of aromatic nitrogens is 2. The fraction of sp³-hybridized carbons (Fsp3) is 0.314. The van der Waals surface area contributed by atoms with Crippen LogP contribution in [0.1, 0.15) is 37.4 Å². The zero-order chi connectivity index (χ0) is 48.5. The van der Waals surface area contributed by atoms with E-state index in [1.807, 2.05) is 114 Å². The average Bonchev–Trinajstić information content (AvgIpc) is 4.20. The van der Waals surface area contributed by atoms with E-state index in [1.54, 1.807) is 0 Å². The average molecular weight is 1000 g/mol. The first-order valence-corrected chi connectivity index (χ1v) is 21.9. The summed E-state index contributed by atoms with van der Waals surface area (Å²) in [5.41, 5.74) is 8.68. The highest BCUT2D eigenvalue weighted by Crippen LogP contribution is 2.33. The van der Waals surface area contributed by atoms with Crippen molar-refractivity contribution in [1.29, 1.82) is 0 Å². The second kappa shape index (κ2) is 24.6. The fourth-order valence-corrected chi connectivity index (χ4v) is 7.87. The molecule has 0 aliphatic carbocycles. The Hall–Kier alpha value is -7.49. The minimum atomic E-state index is -4.83. The normalized spacial score (nSPS) is 16.0. The smallest absolute Gasteiger partial charge is 0.457 e. The standard InChI is InChI=1S/C24H22F3N5O2.C19H14N2O2.C6H9F3N2O.2CH4.H3N/c25-24(26,27)23(33)32-11-9-31(10-12-32)15-22-29-20-6-5-19(13-21(20)30-22)34-18-3-1-16(2-4-18)17-7-8-28-14-17;22-12-16-9-15-10-18(5-6-19(15)21-16)23-17-3-1-13(2-4-17)14-7-8-20-11-14;7-6(8,9)5(12)11-3-1-10-2-4-11;;;/h1-8,13H,9-12,14-15H2,(H,29,30);1-8,10,12H,9,11H2;10H,1-4H2;2*1H4;1H3. The van der Waals surface area contributed by atoms with Gasteiger partial charge in [-0.05, 0) is 94.6 Å². The number of hydrogen-bond donors (Lipinski definition) is 3. The molecule has 21 heteroatoms. The summed E-state index contributed by atoms with van der Waals surface area (Å²) in [7, 11) is 0. The summed E-state index contributed by atoms with van der Waals surface area (Å²) in [6.07, 6.45) is -0.503. The molecule has 5 N–H and O–H groups in total. The third kappa shape index (κ3) is 14.3. The first kappa shape index (κ1) is 55.4. The first-order chi connectivity index (χ1) is 33.2. The lowest BCUT2D eigenvalue weighted by molar-refractivity contribution is -0.187. The number of hydrogen-bond acceptors (Lipinski definition) is 12. The Morgan fingerprint density at radius 2 is 1.15 bits per heavy atom. The summed E-state index contributed by atoms with van der Waals surface area (Å²) < 4.78 is 85.2. The van der Waals surface area contributed by atoms with Crippen LogP contribution in [-0.4, -0.2) is 139 Å². The second-order valence-corrected chi connectivity index (χ2v) is 16.3. The lowest BCUT2D eigenvalue weighted by Crippen LogP contribution is -2.52. The number of benzene rings is 4. The summed E-state index contributed by atoms with van der Waals surface area (Å²) in [6, 6.07) is 27.1. The molecule has 10 rings (SSSR count). The fourth-order valence-electron chi connectivity index (χ4n) is 7.87. The van der Waals surface area contributed by atoms with Gasteiger partial charge in [0.05, 0.1) is 42.1 Å². The number of alkyl halides is 6. The molecule has 0 unspecified atom stereocenters. The summed E-state index contributed by atoms with van der Waals surface area (Å²) >= 11 is 0. The monoisotopic (exact) mass is 1000 g/mol. The number of fused-ring (bicyclic) bond motifs is 2. The van der Waals surface area contributed by atoms with Gasteiger partial charge >= 0.3 is 24.2 Å². The number of aldehydes is 1. The molecule has 5 aliphatic rings. The number of nitrogens with zero attached hydrogens (tertiary/aromatic N) is 7. The van der Waals surface area contributed by atoms with Crippen molar-refractivity contribution < 1.29 is 50.2 Å². The van der Waals surface area contributed by atoms with Gasteiger partial charge in [-0.25, -0.2) is 9.98 Å². The Morgan fingerprint density at radius 1 is 0.653 bits per heavy atom. The quantitative estimate of drug-likeness (QED) is 0.0954. The number of carbonyl (C=O) groups excluding carboxylic acids is 3. The molecule has 4 aromatic carbocycles. The maximum absolute atomic E-state index is 12.6. The molecule has 2 fully saturated rings.